The molecule has 8 heteroatoms. The molecule has 33 heavy (non-hydrogen) atoms. The van der Waals surface area contributed by atoms with Crippen LogP contribution in [0.1, 0.15) is 28.6 Å². The zero-order chi connectivity index (χ0) is 22.6. The predicted molar refractivity (Wildman–Crippen MR) is 142 cm³/mol. The lowest BCUT2D eigenvalue weighted by atomic mass is 10.2. The van der Waals surface area contributed by atoms with E-state index in [1.165, 1.54) is 6.26 Å². The summed E-state index contributed by atoms with van der Waals surface area (Å²) in [4.78, 5) is 16.7. The van der Waals surface area contributed by atoms with Crippen LogP contribution in [0.15, 0.2) is 89.0 Å². The lowest BCUT2D eigenvalue weighted by molar-refractivity contribution is 0.0996. The van der Waals surface area contributed by atoms with E-state index >= 15 is 0 Å². The van der Waals surface area contributed by atoms with Crippen molar-refractivity contribution >= 4 is 41.5 Å². The third-order valence-corrected chi connectivity index (χ3v) is 4.50. The molecule has 3 N–H and O–H groups in total. The Morgan fingerprint density at radius 3 is 2.58 bits per heavy atom. The molecule has 0 saturated carbocycles. The van der Waals surface area contributed by atoms with Gasteiger partial charge in [-0.25, -0.2) is 4.99 Å². The molecular weight excluding hydrogens is 531 g/mol. The number of benzene rings is 2. The van der Waals surface area contributed by atoms with Gasteiger partial charge in [0.1, 0.15) is 12.4 Å². The van der Waals surface area contributed by atoms with Gasteiger partial charge in [-0.1, -0.05) is 43.0 Å². The Morgan fingerprint density at radius 1 is 1.09 bits per heavy atom. The number of carbonyl (C=O) groups is 1. The molecule has 2 aromatic carbocycles. The smallest absolute Gasteiger partial charge is 0.291 e. The molecule has 0 fully saturated rings. The van der Waals surface area contributed by atoms with Crippen molar-refractivity contribution in [3.8, 4) is 5.75 Å². The quantitative estimate of drug-likeness (QED) is 0.141. The number of ether oxygens (including phenoxy) is 1. The number of nitrogens with zero attached hydrogens (tertiary/aromatic N) is 1. The van der Waals surface area contributed by atoms with E-state index in [2.05, 4.69) is 27.5 Å². The molecule has 3 aromatic rings. The van der Waals surface area contributed by atoms with Gasteiger partial charge in [-0.3, -0.25) is 4.79 Å². The van der Waals surface area contributed by atoms with Crippen LogP contribution in [0.3, 0.4) is 0 Å². The minimum atomic E-state index is -0.281. The lowest BCUT2D eigenvalue weighted by Crippen LogP contribution is -2.36. The fourth-order valence-electron chi connectivity index (χ4n) is 2.92. The minimum Gasteiger partial charge on any atom is -0.489 e. The van der Waals surface area contributed by atoms with Gasteiger partial charge in [0.25, 0.3) is 5.91 Å². The van der Waals surface area contributed by atoms with Crippen molar-refractivity contribution in [2.75, 3.05) is 18.5 Å². The normalized spacial score (nSPS) is 10.6. The standard InChI is InChI=1S/C25H28N4O3.HI/c1-3-15-31-22-9-6-5-8-20(22)18-28-25(26-4-2)27-17-19-11-13-21(14-12-19)29-24(30)23-10-7-16-32-23;/h3,5-14,16H,1,4,15,17-18H2,2H3,(H,29,30)(H2,26,27,28);1H. The van der Waals surface area contributed by atoms with E-state index in [4.69, 9.17) is 9.15 Å². The Balaban J connectivity index is 0.00000385. The SMILES string of the molecule is C=CCOc1ccccc1CNC(=NCc1ccc(NC(=O)c2ccco2)cc1)NCC.I. The summed E-state index contributed by atoms with van der Waals surface area (Å²) in [5.74, 6) is 1.53. The van der Waals surface area contributed by atoms with Gasteiger partial charge in [-0.15, -0.1) is 24.0 Å². The van der Waals surface area contributed by atoms with Crippen LogP contribution in [0.5, 0.6) is 5.75 Å². The Bertz CT molecular complexity index is 1030. The summed E-state index contributed by atoms with van der Waals surface area (Å²) in [5.41, 5.74) is 2.75. The van der Waals surface area contributed by atoms with E-state index in [1.54, 1.807) is 18.2 Å². The van der Waals surface area contributed by atoms with E-state index < -0.39 is 0 Å². The molecule has 1 aromatic heterocycles. The molecule has 0 aliphatic rings. The third kappa shape index (κ3) is 8.30. The average Bonchev–Trinajstić information content (AvgIpc) is 3.36. The summed E-state index contributed by atoms with van der Waals surface area (Å²) >= 11 is 0. The molecule has 1 amide bonds. The van der Waals surface area contributed by atoms with Crippen molar-refractivity contribution in [3.05, 3.63) is 96.5 Å². The number of hydrogen-bond donors (Lipinski definition) is 3. The fourth-order valence-corrected chi connectivity index (χ4v) is 2.92. The molecular formula is C25H29IN4O3. The zero-order valence-corrected chi connectivity index (χ0v) is 20.9. The van der Waals surface area contributed by atoms with E-state index in [1.807, 2.05) is 55.5 Å². The number of hydrogen-bond acceptors (Lipinski definition) is 4. The van der Waals surface area contributed by atoms with Gasteiger partial charge in [0.15, 0.2) is 11.7 Å². The van der Waals surface area contributed by atoms with Crippen LogP contribution >= 0.6 is 24.0 Å². The topological polar surface area (TPSA) is 87.9 Å². The maximum absolute atomic E-state index is 12.1. The first-order valence-corrected chi connectivity index (χ1v) is 10.5. The van der Waals surface area contributed by atoms with Crippen LogP contribution in [-0.4, -0.2) is 25.0 Å². The van der Waals surface area contributed by atoms with Crippen LogP contribution in [0.4, 0.5) is 5.69 Å². The molecule has 0 saturated heterocycles. The first-order valence-electron chi connectivity index (χ1n) is 10.5. The number of rotatable bonds is 10. The van der Waals surface area contributed by atoms with Crippen LogP contribution < -0.4 is 20.7 Å². The number of aliphatic imine (C=N–C) groups is 1. The highest BCUT2D eigenvalue weighted by Gasteiger charge is 2.08. The summed E-state index contributed by atoms with van der Waals surface area (Å²) in [6.45, 7) is 8.00. The second-order valence-corrected chi connectivity index (χ2v) is 6.88. The summed E-state index contributed by atoms with van der Waals surface area (Å²) in [6.07, 6.45) is 3.20. The molecule has 0 atom stereocenters. The number of para-hydroxylation sites is 1. The van der Waals surface area contributed by atoms with Crippen LogP contribution in [0, 0.1) is 0 Å². The van der Waals surface area contributed by atoms with Crippen molar-refractivity contribution < 1.29 is 13.9 Å². The summed E-state index contributed by atoms with van der Waals surface area (Å²) < 4.78 is 10.8. The lowest BCUT2D eigenvalue weighted by Gasteiger charge is -2.14. The van der Waals surface area contributed by atoms with Crippen LogP contribution in [0.2, 0.25) is 0 Å². The second-order valence-electron chi connectivity index (χ2n) is 6.88. The number of furan rings is 1. The van der Waals surface area contributed by atoms with Crippen molar-refractivity contribution in [1.82, 2.24) is 10.6 Å². The largest absolute Gasteiger partial charge is 0.489 e. The van der Waals surface area contributed by atoms with Gasteiger partial charge in [0.05, 0.1) is 12.8 Å². The number of halogens is 1. The average molecular weight is 560 g/mol. The van der Waals surface area contributed by atoms with Gasteiger partial charge in [0, 0.05) is 24.3 Å². The van der Waals surface area contributed by atoms with Gasteiger partial charge in [-0.2, -0.15) is 0 Å². The molecule has 1 heterocycles. The third-order valence-electron chi connectivity index (χ3n) is 4.50. The number of guanidine groups is 1. The van der Waals surface area contributed by atoms with E-state index in [0.29, 0.717) is 31.3 Å². The Hall–Kier alpha value is -3.27. The molecule has 0 spiro atoms. The predicted octanol–water partition coefficient (Wildman–Crippen LogP) is 4.97. The highest BCUT2D eigenvalue weighted by Crippen LogP contribution is 2.17. The Labute approximate surface area is 211 Å². The molecule has 0 aliphatic heterocycles. The maximum Gasteiger partial charge on any atom is 0.291 e. The fraction of sp³-hybridized carbons (Fsp3) is 0.200. The zero-order valence-electron chi connectivity index (χ0n) is 18.5. The summed E-state index contributed by atoms with van der Waals surface area (Å²) in [7, 11) is 0. The van der Waals surface area contributed by atoms with Crippen molar-refractivity contribution in [2.24, 2.45) is 4.99 Å². The molecule has 3 rings (SSSR count). The summed E-state index contributed by atoms with van der Waals surface area (Å²) in [6, 6.07) is 18.7. The van der Waals surface area contributed by atoms with E-state index in [0.717, 1.165) is 23.4 Å². The monoisotopic (exact) mass is 560 g/mol. The summed E-state index contributed by atoms with van der Waals surface area (Å²) in [5, 5.41) is 9.40. The molecule has 0 unspecified atom stereocenters. The molecule has 174 valence electrons. The number of amides is 1. The van der Waals surface area contributed by atoms with Crippen LogP contribution in [-0.2, 0) is 13.1 Å². The van der Waals surface area contributed by atoms with Crippen molar-refractivity contribution in [3.63, 3.8) is 0 Å². The highest BCUT2D eigenvalue weighted by atomic mass is 127. The van der Waals surface area contributed by atoms with Gasteiger partial charge in [0.2, 0.25) is 0 Å². The Kier molecular flexibility index (Phi) is 11.0. The van der Waals surface area contributed by atoms with E-state index in [9.17, 15) is 4.79 Å². The second kappa shape index (κ2) is 14.0. The van der Waals surface area contributed by atoms with Gasteiger partial charge >= 0.3 is 0 Å². The highest BCUT2D eigenvalue weighted by molar-refractivity contribution is 14.0. The first-order chi connectivity index (χ1) is 15.7. The number of carbonyl (C=O) groups excluding carboxylic acids is 1. The maximum atomic E-state index is 12.1. The van der Waals surface area contributed by atoms with E-state index in [-0.39, 0.29) is 35.6 Å². The minimum absolute atomic E-state index is 0. The molecule has 0 bridgehead atoms. The van der Waals surface area contributed by atoms with Crippen molar-refractivity contribution in [2.45, 2.75) is 20.0 Å². The van der Waals surface area contributed by atoms with Gasteiger partial charge in [-0.05, 0) is 42.8 Å². The molecule has 7 nitrogen and oxygen atoms in total. The van der Waals surface area contributed by atoms with Crippen LogP contribution in [0.25, 0.3) is 0 Å². The number of anilines is 1. The van der Waals surface area contributed by atoms with Gasteiger partial charge < -0.3 is 25.1 Å². The molecule has 0 radical (unpaired) electrons. The van der Waals surface area contributed by atoms with Crippen molar-refractivity contribution in [1.29, 1.82) is 0 Å². The molecule has 0 aliphatic carbocycles. The Morgan fingerprint density at radius 2 is 1.88 bits per heavy atom. The number of nitrogens with one attached hydrogen (secondary N) is 3. The first kappa shape index (κ1) is 26.0.